The predicted octanol–water partition coefficient (Wildman–Crippen LogP) is 2.57. The second-order valence-electron chi connectivity index (χ2n) is 4.42. The Morgan fingerprint density at radius 3 is 2.70 bits per heavy atom. The molecule has 0 amide bonds. The number of aryl methyl sites for hydroxylation is 1. The predicted molar refractivity (Wildman–Crippen MR) is 75.8 cm³/mol. The van der Waals surface area contributed by atoms with Crippen molar-refractivity contribution in [2.24, 2.45) is 0 Å². The summed E-state index contributed by atoms with van der Waals surface area (Å²) in [6.45, 7) is 2.71. The van der Waals surface area contributed by atoms with Gasteiger partial charge in [-0.05, 0) is 19.1 Å². The second-order valence-corrected chi connectivity index (χ2v) is 4.42. The third kappa shape index (κ3) is 2.14. The highest BCUT2D eigenvalue weighted by molar-refractivity contribution is 5.85. The molecule has 5 nitrogen and oxygen atoms in total. The van der Waals surface area contributed by atoms with E-state index < -0.39 is 0 Å². The first-order chi connectivity index (χ1) is 9.81. The number of nitrogens with zero attached hydrogens (tertiary/aromatic N) is 4. The number of carbonyl (C=O) groups is 1. The van der Waals surface area contributed by atoms with E-state index in [2.05, 4.69) is 10.2 Å². The van der Waals surface area contributed by atoms with Crippen molar-refractivity contribution in [2.75, 3.05) is 0 Å². The summed E-state index contributed by atoms with van der Waals surface area (Å²) in [7, 11) is 0. The Labute approximate surface area is 116 Å². The molecule has 0 atom stereocenters. The van der Waals surface area contributed by atoms with Crippen LogP contribution < -0.4 is 0 Å². The van der Waals surface area contributed by atoms with Crippen molar-refractivity contribution in [3.8, 4) is 16.9 Å². The molecule has 0 aliphatic heterocycles. The Hall–Kier alpha value is -2.69. The first kappa shape index (κ1) is 12.3. The minimum absolute atomic E-state index is 0.583. The molecular formula is C15H14N4O. The van der Waals surface area contributed by atoms with Gasteiger partial charge in [-0.3, -0.25) is 9.48 Å². The topological polar surface area (TPSA) is 52.7 Å². The molecular weight excluding hydrogens is 252 g/mol. The number of benzene rings is 1. The highest BCUT2D eigenvalue weighted by Gasteiger charge is 2.12. The van der Waals surface area contributed by atoms with Gasteiger partial charge in [-0.15, -0.1) is 0 Å². The lowest BCUT2D eigenvalue weighted by Crippen LogP contribution is -1.94. The van der Waals surface area contributed by atoms with Crippen LogP contribution in [-0.2, 0) is 6.54 Å². The Kier molecular flexibility index (Phi) is 3.16. The molecule has 0 bridgehead atoms. The Balaban J connectivity index is 2.02. The van der Waals surface area contributed by atoms with Crippen LogP contribution >= 0.6 is 0 Å². The number of hydrogen-bond donors (Lipinski definition) is 0. The van der Waals surface area contributed by atoms with Crippen LogP contribution in [0.25, 0.3) is 16.9 Å². The van der Waals surface area contributed by atoms with E-state index >= 15 is 0 Å². The summed E-state index contributed by atoms with van der Waals surface area (Å²) in [6.07, 6.45) is 6.18. The van der Waals surface area contributed by atoms with E-state index in [-0.39, 0.29) is 0 Å². The summed E-state index contributed by atoms with van der Waals surface area (Å²) in [6, 6.07) is 9.82. The van der Waals surface area contributed by atoms with E-state index in [1.165, 1.54) is 0 Å². The summed E-state index contributed by atoms with van der Waals surface area (Å²) < 4.78 is 3.52. The minimum Gasteiger partial charge on any atom is -0.298 e. The molecule has 0 saturated carbocycles. The molecule has 5 heteroatoms. The van der Waals surface area contributed by atoms with Gasteiger partial charge in [-0.25, -0.2) is 4.68 Å². The third-order valence-corrected chi connectivity index (χ3v) is 3.12. The number of aldehydes is 1. The van der Waals surface area contributed by atoms with E-state index in [9.17, 15) is 4.79 Å². The summed E-state index contributed by atoms with van der Waals surface area (Å²) >= 11 is 0. The molecule has 0 aliphatic carbocycles. The maximum Gasteiger partial charge on any atom is 0.153 e. The van der Waals surface area contributed by atoms with E-state index in [1.807, 2.05) is 43.5 Å². The van der Waals surface area contributed by atoms with Gasteiger partial charge in [0.05, 0.1) is 17.4 Å². The van der Waals surface area contributed by atoms with E-state index in [0.717, 1.165) is 24.1 Å². The van der Waals surface area contributed by atoms with Crippen LogP contribution in [0.2, 0.25) is 0 Å². The monoisotopic (exact) mass is 266 g/mol. The van der Waals surface area contributed by atoms with Gasteiger partial charge in [0.2, 0.25) is 0 Å². The van der Waals surface area contributed by atoms with Gasteiger partial charge in [0.1, 0.15) is 5.69 Å². The summed E-state index contributed by atoms with van der Waals surface area (Å²) in [5.41, 5.74) is 3.06. The normalized spacial score (nSPS) is 10.7. The van der Waals surface area contributed by atoms with Gasteiger partial charge < -0.3 is 0 Å². The largest absolute Gasteiger partial charge is 0.298 e. The molecule has 0 N–H and O–H groups in total. The van der Waals surface area contributed by atoms with Crippen molar-refractivity contribution in [3.63, 3.8) is 0 Å². The van der Waals surface area contributed by atoms with Crippen molar-refractivity contribution < 1.29 is 4.79 Å². The van der Waals surface area contributed by atoms with E-state index in [0.29, 0.717) is 11.3 Å². The Morgan fingerprint density at radius 2 is 2.00 bits per heavy atom. The van der Waals surface area contributed by atoms with Gasteiger partial charge in [-0.1, -0.05) is 18.2 Å². The number of rotatable bonds is 4. The zero-order valence-electron chi connectivity index (χ0n) is 11.1. The smallest absolute Gasteiger partial charge is 0.153 e. The molecule has 0 fully saturated rings. The van der Waals surface area contributed by atoms with Crippen LogP contribution in [0.3, 0.4) is 0 Å². The van der Waals surface area contributed by atoms with E-state index in [4.69, 9.17) is 0 Å². The number of hydrogen-bond acceptors (Lipinski definition) is 3. The van der Waals surface area contributed by atoms with Gasteiger partial charge >= 0.3 is 0 Å². The van der Waals surface area contributed by atoms with Crippen molar-refractivity contribution >= 4 is 6.29 Å². The first-order valence-corrected chi connectivity index (χ1v) is 6.45. The van der Waals surface area contributed by atoms with Crippen LogP contribution in [-0.4, -0.2) is 25.8 Å². The maximum absolute atomic E-state index is 11.1. The quantitative estimate of drug-likeness (QED) is 0.682. The second kappa shape index (κ2) is 5.13. The average molecular weight is 266 g/mol. The van der Waals surface area contributed by atoms with Gasteiger partial charge in [0.15, 0.2) is 6.29 Å². The van der Waals surface area contributed by atoms with Crippen LogP contribution in [0.15, 0.2) is 48.9 Å². The summed E-state index contributed by atoms with van der Waals surface area (Å²) in [5, 5.41) is 8.73. The zero-order chi connectivity index (χ0) is 13.9. The van der Waals surface area contributed by atoms with Crippen LogP contribution in [0, 0.1) is 0 Å². The number of aromatic nitrogens is 4. The fourth-order valence-corrected chi connectivity index (χ4v) is 2.08. The molecule has 2 aromatic heterocycles. The Morgan fingerprint density at radius 1 is 1.20 bits per heavy atom. The molecule has 0 aliphatic rings. The molecule has 20 heavy (non-hydrogen) atoms. The third-order valence-electron chi connectivity index (χ3n) is 3.12. The van der Waals surface area contributed by atoms with Crippen LogP contribution in [0.5, 0.6) is 0 Å². The van der Waals surface area contributed by atoms with Crippen molar-refractivity contribution in [1.82, 2.24) is 19.6 Å². The van der Waals surface area contributed by atoms with Crippen molar-refractivity contribution in [1.29, 1.82) is 0 Å². The number of carbonyl (C=O) groups excluding carboxylic acids is 1. The van der Waals surface area contributed by atoms with Crippen molar-refractivity contribution in [2.45, 2.75) is 13.5 Å². The molecule has 0 radical (unpaired) electrons. The lowest BCUT2D eigenvalue weighted by atomic mass is 10.2. The molecule has 0 spiro atoms. The Bertz CT molecular complexity index is 727. The lowest BCUT2D eigenvalue weighted by Gasteiger charge is -1.98. The van der Waals surface area contributed by atoms with Gasteiger partial charge in [-0.2, -0.15) is 10.2 Å². The maximum atomic E-state index is 11.1. The van der Waals surface area contributed by atoms with Crippen LogP contribution in [0.4, 0.5) is 0 Å². The first-order valence-electron chi connectivity index (χ1n) is 6.45. The SMILES string of the molecule is CCn1cc(C=O)c(-c2cnn(-c3ccccc3)c2)n1. The minimum atomic E-state index is 0.583. The van der Waals surface area contributed by atoms with E-state index in [1.54, 1.807) is 21.8 Å². The van der Waals surface area contributed by atoms with Gasteiger partial charge in [0, 0.05) is 24.5 Å². The lowest BCUT2D eigenvalue weighted by molar-refractivity contribution is 0.112. The molecule has 0 saturated heterocycles. The van der Waals surface area contributed by atoms with Gasteiger partial charge in [0.25, 0.3) is 0 Å². The highest BCUT2D eigenvalue weighted by Crippen LogP contribution is 2.21. The summed E-state index contributed by atoms with van der Waals surface area (Å²) in [5.74, 6) is 0. The summed E-state index contributed by atoms with van der Waals surface area (Å²) in [4.78, 5) is 11.1. The van der Waals surface area contributed by atoms with Crippen LogP contribution in [0.1, 0.15) is 17.3 Å². The molecule has 0 unspecified atom stereocenters. The zero-order valence-corrected chi connectivity index (χ0v) is 11.1. The molecule has 2 heterocycles. The standard InChI is InChI=1S/C15H14N4O/c1-2-18-9-13(11-20)15(17-18)12-8-16-19(10-12)14-6-4-3-5-7-14/h3-11H,2H2,1H3. The molecule has 3 aromatic rings. The molecule has 3 rings (SSSR count). The molecule has 100 valence electrons. The van der Waals surface area contributed by atoms with Crippen molar-refractivity contribution in [3.05, 3.63) is 54.5 Å². The average Bonchev–Trinajstić information content (AvgIpc) is 3.14. The highest BCUT2D eigenvalue weighted by atomic mass is 16.1. The fraction of sp³-hybridized carbons (Fsp3) is 0.133. The molecule has 1 aromatic carbocycles. The fourth-order valence-electron chi connectivity index (χ4n) is 2.08. The number of para-hydroxylation sites is 1.